The quantitative estimate of drug-likeness (QED) is 0.928. The molecular formula is C16H27ClN2O2. The van der Waals surface area contributed by atoms with Gasteiger partial charge in [-0.1, -0.05) is 19.9 Å². The summed E-state index contributed by atoms with van der Waals surface area (Å²) < 4.78 is 10.6. The van der Waals surface area contributed by atoms with Crippen LogP contribution in [0, 0.1) is 5.41 Å². The molecule has 2 rings (SSSR count). The topological polar surface area (TPSA) is 47.7 Å². The van der Waals surface area contributed by atoms with E-state index in [4.69, 9.17) is 15.2 Å². The number of methoxy groups -OCH3 is 2. The van der Waals surface area contributed by atoms with Crippen LogP contribution in [0.1, 0.15) is 25.8 Å². The van der Waals surface area contributed by atoms with Gasteiger partial charge in [-0.15, -0.1) is 12.4 Å². The second-order valence-electron chi connectivity index (χ2n) is 6.28. The van der Waals surface area contributed by atoms with Crippen LogP contribution < -0.4 is 15.2 Å². The molecule has 1 fully saturated rings. The average molecular weight is 315 g/mol. The molecule has 5 heteroatoms. The minimum absolute atomic E-state index is 0. The fourth-order valence-electron chi connectivity index (χ4n) is 2.86. The smallest absolute Gasteiger partial charge is 0.161 e. The van der Waals surface area contributed by atoms with Gasteiger partial charge in [-0.25, -0.2) is 0 Å². The van der Waals surface area contributed by atoms with Gasteiger partial charge in [0.05, 0.1) is 14.2 Å². The maximum Gasteiger partial charge on any atom is 0.161 e. The molecule has 0 amide bonds. The van der Waals surface area contributed by atoms with E-state index < -0.39 is 0 Å². The molecule has 1 unspecified atom stereocenters. The predicted molar refractivity (Wildman–Crippen MR) is 88.4 cm³/mol. The molecule has 1 aliphatic rings. The summed E-state index contributed by atoms with van der Waals surface area (Å²) in [6.45, 7) is 7.51. The first-order chi connectivity index (χ1) is 9.46. The lowest BCUT2D eigenvalue weighted by molar-refractivity contribution is 0.0898. The van der Waals surface area contributed by atoms with Crippen molar-refractivity contribution in [2.45, 2.75) is 32.9 Å². The number of nitrogens with zero attached hydrogens (tertiary/aromatic N) is 1. The Kier molecular flexibility index (Phi) is 6.32. The minimum Gasteiger partial charge on any atom is -0.493 e. The highest BCUT2D eigenvalue weighted by molar-refractivity contribution is 5.85. The number of likely N-dealkylation sites (tertiary alicyclic amines) is 1. The molecule has 1 aromatic rings. The molecule has 1 atom stereocenters. The summed E-state index contributed by atoms with van der Waals surface area (Å²) in [7, 11) is 3.33. The van der Waals surface area contributed by atoms with E-state index in [9.17, 15) is 0 Å². The summed E-state index contributed by atoms with van der Waals surface area (Å²) in [5.41, 5.74) is 7.61. The van der Waals surface area contributed by atoms with Gasteiger partial charge in [0.15, 0.2) is 11.5 Å². The minimum atomic E-state index is 0. The van der Waals surface area contributed by atoms with E-state index in [0.29, 0.717) is 6.04 Å². The van der Waals surface area contributed by atoms with E-state index in [-0.39, 0.29) is 17.8 Å². The molecule has 0 saturated carbocycles. The molecular weight excluding hydrogens is 288 g/mol. The summed E-state index contributed by atoms with van der Waals surface area (Å²) in [5.74, 6) is 1.57. The zero-order chi connectivity index (χ0) is 14.8. The van der Waals surface area contributed by atoms with Gasteiger partial charge in [-0.2, -0.15) is 0 Å². The van der Waals surface area contributed by atoms with Gasteiger partial charge in [0, 0.05) is 25.7 Å². The van der Waals surface area contributed by atoms with Crippen LogP contribution in [0.25, 0.3) is 0 Å². The largest absolute Gasteiger partial charge is 0.493 e. The second-order valence-corrected chi connectivity index (χ2v) is 6.28. The van der Waals surface area contributed by atoms with Gasteiger partial charge in [0.25, 0.3) is 0 Å². The Balaban J connectivity index is 0.00000220. The first kappa shape index (κ1) is 18.1. The van der Waals surface area contributed by atoms with Crippen molar-refractivity contribution < 1.29 is 9.47 Å². The number of hydrogen-bond acceptors (Lipinski definition) is 4. The van der Waals surface area contributed by atoms with Crippen molar-refractivity contribution in [3.63, 3.8) is 0 Å². The number of benzene rings is 1. The molecule has 0 bridgehead atoms. The number of hydrogen-bond donors (Lipinski definition) is 1. The van der Waals surface area contributed by atoms with Gasteiger partial charge < -0.3 is 15.2 Å². The van der Waals surface area contributed by atoms with Crippen LogP contribution in [0.15, 0.2) is 18.2 Å². The Morgan fingerprint density at radius 3 is 2.48 bits per heavy atom. The Morgan fingerprint density at radius 1 is 1.24 bits per heavy atom. The third-order valence-electron chi connectivity index (χ3n) is 4.25. The number of ether oxygens (including phenoxy) is 2. The zero-order valence-corrected chi connectivity index (χ0v) is 14.2. The number of piperidine rings is 1. The van der Waals surface area contributed by atoms with Crippen LogP contribution in [-0.4, -0.2) is 38.3 Å². The summed E-state index contributed by atoms with van der Waals surface area (Å²) in [4.78, 5) is 2.46. The molecule has 0 aliphatic carbocycles. The highest BCUT2D eigenvalue weighted by atomic mass is 35.5. The third kappa shape index (κ3) is 4.25. The van der Waals surface area contributed by atoms with Gasteiger partial charge in [-0.3, -0.25) is 4.90 Å². The van der Waals surface area contributed by atoms with Crippen molar-refractivity contribution in [3.05, 3.63) is 23.8 Å². The summed E-state index contributed by atoms with van der Waals surface area (Å²) in [6.07, 6.45) is 1.06. The van der Waals surface area contributed by atoms with E-state index in [1.165, 1.54) is 5.56 Å². The Morgan fingerprint density at radius 2 is 1.90 bits per heavy atom. The predicted octanol–water partition coefficient (Wildman–Crippen LogP) is 2.68. The normalized spacial score (nSPS) is 21.5. The van der Waals surface area contributed by atoms with Crippen molar-refractivity contribution >= 4 is 12.4 Å². The summed E-state index contributed by atoms with van der Waals surface area (Å²) in [5, 5.41) is 0. The van der Waals surface area contributed by atoms with E-state index in [1.54, 1.807) is 14.2 Å². The molecule has 0 spiro atoms. The maximum atomic E-state index is 6.19. The molecule has 120 valence electrons. The number of nitrogens with two attached hydrogens (primary N) is 1. The van der Waals surface area contributed by atoms with Crippen LogP contribution in [0.2, 0.25) is 0 Å². The van der Waals surface area contributed by atoms with Crippen LogP contribution >= 0.6 is 12.4 Å². The first-order valence-electron chi connectivity index (χ1n) is 7.15. The fraction of sp³-hybridized carbons (Fsp3) is 0.625. The Bertz CT molecular complexity index is 466. The van der Waals surface area contributed by atoms with E-state index >= 15 is 0 Å². The monoisotopic (exact) mass is 314 g/mol. The van der Waals surface area contributed by atoms with Crippen LogP contribution in [0.3, 0.4) is 0 Å². The first-order valence-corrected chi connectivity index (χ1v) is 7.15. The summed E-state index contributed by atoms with van der Waals surface area (Å²) >= 11 is 0. The molecule has 4 nitrogen and oxygen atoms in total. The molecule has 1 aromatic carbocycles. The van der Waals surface area contributed by atoms with Gasteiger partial charge in [-0.05, 0) is 29.5 Å². The van der Waals surface area contributed by atoms with Gasteiger partial charge in [0.2, 0.25) is 0 Å². The summed E-state index contributed by atoms with van der Waals surface area (Å²) in [6, 6.07) is 6.42. The second kappa shape index (κ2) is 7.34. The van der Waals surface area contributed by atoms with E-state index in [1.807, 2.05) is 6.07 Å². The van der Waals surface area contributed by atoms with Crippen LogP contribution in [-0.2, 0) is 6.54 Å². The van der Waals surface area contributed by atoms with Crippen molar-refractivity contribution in [1.82, 2.24) is 4.90 Å². The zero-order valence-electron chi connectivity index (χ0n) is 13.4. The third-order valence-corrected chi connectivity index (χ3v) is 4.25. The van der Waals surface area contributed by atoms with Gasteiger partial charge in [0.1, 0.15) is 0 Å². The molecule has 2 N–H and O–H groups in total. The molecule has 0 aromatic heterocycles. The lowest BCUT2D eigenvalue weighted by Gasteiger charge is -2.42. The number of halogens is 1. The van der Waals surface area contributed by atoms with E-state index in [0.717, 1.165) is 37.6 Å². The molecule has 1 heterocycles. The molecule has 0 radical (unpaired) electrons. The SMILES string of the molecule is COc1ccc(CN2CCC(N)C(C)(C)C2)cc1OC.Cl. The average Bonchev–Trinajstić information content (AvgIpc) is 2.42. The lowest BCUT2D eigenvalue weighted by atomic mass is 9.79. The van der Waals surface area contributed by atoms with Crippen LogP contribution in [0.4, 0.5) is 0 Å². The Hall–Kier alpha value is -0.970. The van der Waals surface area contributed by atoms with Crippen molar-refractivity contribution in [2.24, 2.45) is 11.1 Å². The molecule has 1 aliphatic heterocycles. The number of rotatable bonds is 4. The van der Waals surface area contributed by atoms with Crippen molar-refractivity contribution in [3.8, 4) is 11.5 Å². The lowest BCUT2D eigenvalue weighted by Crippen LogP contribution is -2.52. The standard InChI is InChI=1S/C16H26N2O2.ClH/c1-16(2)11-18(8-7-15(16)17)10-12-5-6-13(19-3)14(9-12)20-4;/h5-6,9,15H,7-8,10-11,17H2,1-4H3;1H. The van der Waals surface area contributed by atoms with Crippen molar-refractivity contribution in [2.75, 3.05) is 27.3 Å². The van der Waals surface area contributed by atoms with Crippen molar-refractivity contribution in [1.29, 1.82) is 0 Å². The van der Waals surface area contributed by atoms with E-state index in [2.05, 4.69) is 30.9 Å². The molecule has 21 heavy (non-hydrogen) atoms. The molecule has 1 saturated heterocycles. The highest BCUT2D eigenvalue weighted by Crippen LogP contribution is 2.31. The fourth-order valence-corrected chi connectivity index (χ4v) is 2.86. The van der Waals surface area contributed by atoms with Crippen LogP contribution in [0.5, 0.6) is 11.5 Å². The van der Waals surface area contributed by atoms with Gasteiger partial charge >= 0.3 is 0 Å². The maximum absolute atomic E-state index is 6.19. The highest BCUT2D eigenvalue weighted by Gasteiger charge is 2.33. The Labute approximate surface area is 134 Å².